The van der Waals surface area contributed by atoms with Gasteiger partial charge in [-0.1, -0.05) is 37.3 Å². The number of nitrogens with zero attached hydrogens (tertiary/aromatic N) is 1. The Morgan fingerprint density at radius 1 is 1.06 bits per heavy atom. The van der Waals surface area contributed by atoms with Crippen molar-refractivity contribution in [3.63, 3.8) is 0 Å². The first-order valence-corrected chi connectivity index (χ1v) is 10.1. The smallest absolute Gasteiger partial charge is 0.100 e. The van der Waals surface area contributed by atoms with Crippen molar-refractivity contribution in [2.45, 2.75) is 40.4 Å². The minimum absolute atomic E-state index is 0.907. The Bertz CT molecular complexity index is 475. The highest BCUT2D eigenvalue weighted by Gasteiger charge is 2.30. The molecule has 0 aliphatic carbocycles. The molecule has 1 heterocycles. The monoisotopic (exact) mass is 260 g/mol. The Kier molecular flexibility index (Phi) is 3.28. The Labute approximate surface area is 112 Å². The third-order valence-electron chi connectivity index (χ3n) is 3.45. The molecule has 3 heteroatoms. The van der Waals surface area contributed by atoms with Crippen LogP contribution in [0, 0.1) is 20.8 Å². The normalized spacial score (nSPS) is 15.7. The van der Waals surface area contributed by atoms with E-state index in [0.29, 0.717) is 0 Å². The van der Waals surface area contributed by atoms with Crippen LogP contribution in [0.1, 0.15) is 16.7 Å². The molecule has 0 amide bonds. The molecular formula is C15H24N2Si. The van der Waals surface area contributed by atoms with Crippen molar-refractivity contribution in [1.29, 1.82) is 0 Å². The molecule has 0 spiro atoms. The third kappa shape index (κ3) is 2.32. The van der Waals surface area contributed by atoms with Gasteiger partial charge in [-0.05, 0) is 31.9 Å². The zero-order valence-electron chi connectivity index (χ0n) is 12.4. The molecule has 1 aromatic rings. The predicted molar refractivity (Wildman–Crippen MR) is 82.6 cm³/mol. The number of rotatable bonds is 2. The van der Waals surface area contributed by atoms with Crippen molar-refractivity contribution in [1.82, 2.24) is 5.32 Å². The number of anilines is 1. The zero-order chi connectivity index (χ0) is 13.5. The molecule has 1 aromatic carbocycles. The average molecular weight is 260 g/mol. The second kappa shape index (κ2) is 4.46. The summed E-state index contributed by atoms with van der Waals surface area (Å²) in [7, 11) is -1.30. The number of hydrogen-bond acceptors (Lipinski definition) is 2. The minimum Gasteiger partial charge on any atom is -0.372 e. The van der Waals surface area contributed by atoms with Crippen molar-refractivity contribution in [3.8, 4) is 0 Å². The van der Waals surface area contributed by atoms with E-state index in [0.717, 1.165) is 6.67 Å². The molecule has 1 aliphatic rings. The van der Waals surface area contributed by atoms with Gasteiger partial charge in [-0.25, -0.2) is 0 Å². The summed E-state index contributed by atoms with van der Waals surface area (Å²) in [6, 6.07) is 4.56. The van der Waals surface area contributed by atoms with Gasteiger partial charge in [-0.15, -0.1) is 0 Å². The molecule has 0 unspecified atom stereocenters. The first-order valence-electron chi connectivity index (χ1n) is 6.60. The van der Waals surface area contributed by atoms with Gasteiger partial charge in [0, 0.05) is 17.2 Å². The van der Waals surface area contributed by atoms with Crippen molar-refractivity contribution in [3.05, 3.63) is 40.3 Å². The summed E-state index contributed by atoms with van der Waals surface area (Å²) in [6.45, 7) is 14.7. The van der Waals surface area contributed by atoms with Gasteiger partial charge in [0.15, 0.2) is 0 Å². The number of benzene rings is 1. The lowest BCUT2D eigenvalue weighted by molar-refractivity contribution is 0.888. The van der Waals surface area contributed by atoms with Crippen molar-refractivity contribution < 1.29 is 0 Å². The molecule has 2 rings (SSSR count). The Morgan fingerprint density at radius 3 is 2.11 bits per heavy atom. The third-order valence-corrected chi connectivity index (χ3v) is 5.40. The fourth-order valence-corrected chi connectivity index (χ4v) is 4.35. The van der Waals surface area contributed by atoms with E-state index in [1.54, 1.807) is 0 Å². The molecule has 0 aromatic heterocycles. The van der Waals surface area contributed by atoms with E-state index in [4.69, 9.17) is 0 Å². The number of aryl methyl sites for hydroxylation is 3. The van der Waals surface area contributed by atoms with Gasteiger partial charge in [0.1, 0.15) is 8.07 Å². The summed E-state index contributed by atoms with van der Waals surface area (Å²) in [6.07, 6.45) is 2.21. The highest BCUT2D eigenvalue weighted by molar-refractivity contribution is 6.83. The van der Waals surface area contributed by atoms with Gasteiger partial charge in [0.25, 0.3) is 0 Å². The van der Waals surface area contributed by atoms with Crippen LogP contribution in [0.15, 0.2) is 23.7 Å². The minimum atomic E-state index is -1.30. The molecule has 0 saturated heterocycles. The molecule has 18 heavy (non-hydrogen) atoms. The maximum absolute atomic E-state index is 3.40. The lowest BCUT2D eigenvalue weighted by atomic mass is 10.0. The van der Waals surface area contributed by atoms with Crippen molar-refractivity contribution >= 4 is 13.8 Å². The van der Waals surface area contributed by atoms with E-state index in [2.05, 4.69) is 69.0 Å². The van der Waals surface area contributed by atoms with E-state index < -0.39 is 8.07 Å². The molecule has 0 fully saturated rings. The Balaban J connectivity index is 2.48. The summed E-state index contributed by atoms with van der Waals surface area (Å²) in [5.74, 6) is 0. The van der Waals surface area contributed by atoms with Crippen LogP contribution in [0.5, 0.6) is 0 Å². The molecule has 98 valence electrons. The fourth-order valence-electron chi connectivity index (χ4n) is 2.82. The predicted octanol–water partition coefficient (Wildman–Crippen LogP) is 3.70. The van der Waals surface area contributed by atoms with E-state index in [1.807, 2.05) is 0 Å². The zero-order valence-corrected chi connectivity index (χ0v) is 13.4. The van der Waals surface area contributed by atoms with E-state index >= 15 is 0 Å². The van der Waals surface area contributed by atoms with Crippen molar-refractivity contribution in [2.24, 2.45) is 0 Å². The van der Waals surface area contributed by atoms with Gasteiger partial charge in [0.2, 0.25) is 0 Å². The summed E-state index contributed by atoms with van der Waals surface area (Å²) in [4.78, 5) is 2.47. The van der Waals surface area contributed by atoms with Crippen LogP contribution in [0.2, 0.25) is 19.6 Å². The summed E-state index contributed by atoms with van der Waals surface area (Å²) in [5, 5.41) is 4.89. The van der Waals surface area contributed by atoms with Crippen LogP contribution >= 0.6 is 0 Å². The SMILES string of the molecule is Cc1cc(C)c(N2CNC=C2[Si](C)(C)C)c(C)c1. The summed E-state index contributed by atoms with van der Waals surface area (Å²) in [5.41, 5.74) is 5.49. The lowest BCUT2D eigenvalue weighted by Crippen LogP contribution is -2.36. The Morgan fingerprint density at radius 2 is 1.61 bits per heavy atom. The van der Waals surface area contributed by atoms with Crippen LogP contribution in [-0.2, 0) is 0 Å². The van der Waals surface area contributed by atoms with Gasteiger partial charge in [0.05, 0.1) is 6.67 Å². The van der Waals surface area contributed by atoms with Crippen molar-refractivity contribution in [2.75, 3.05) is 11.6 Å². The maximum Gasteiger partial charge on any atom is 0.100 e. The second-order valence-electron chi connectivity index (χ2n) is 6.32. The second-order valence-corrected chi connectivity index (χ2v) is 11.3. The standard InChI is InChI=1S/C15H24N2Si/c1-11-7-12(2)15(13(3)8-11)17-10-16-9-14(17)18(4,5)6/h7-9,16H,10H2,1-6H3. The lowest BCUT2D eigenvalue weighted by Gasteiger charge is -2.31. The van der Waals surface area contributed by atoms with Gasteiger partial charge >= 0.3 is 0 Å². The first-order chi connectivity index (χ1) is 8.30. The molecule has 1 N–H and O–H groups in total. The van der Waals surface area contributed by atoms with Gasteiger partial charge in [-0.2, -0.15) is 0 Å². The molecular weight excluding hydrogens is 236 g/mol. The largest absolute Gasteiger partial charge is 0.372 e. The van der Waals surface area contributed by atoms with Crippen LogP contribution < -0.4 is 10.2 Å². The molecule has 0 saturated carbocycles. The summed E-state index contributed by atoms with van der Waals surface area (Å²) < 4.78 is 0. The number of nitrogens with one attached hydrogen (secondary N) is 1. The van der Waals surface area contributed by atoms with E-state index in [9.17, 15) is 0 Å². The topological polar surface area (TPSA) is 15.3 Å². The fraction of sp³-hybridized carbons (Fsp3) is 0.467. The molecule has 0 bridgehead atoms. The quantitative estimate of drug-likeness (QED) is 0.816. The van der Waals surface area contributed by atoms with Crippen LogP contribution in [0.3, 0.4) is 0 Å². The van der Waals surface area contributed by atoms with Crippen LogP contribution in [0.4, 0.5) is 5.69 Å². The van der Waals surface area contributed by atoms with Crippen LogP contribution in [0.25, 0.3) is 0 Å². The maximum atomic E-state index is 3.40. The number of hydrogen-bond donors (Lipinski definition) is 1. The molecule has 0 atom stereocenters. The van der Waals surface area contributed by atoms with E-state index in [1.165, 1.54) is 27.7 Å². The van der Waals surface area contributed by atoms with Crippen LogP contribution in [-0.4, -0.2) is 14.7 Å². The summed E-state index contributed by atoms with van der Waals surface area (Å²) >= 11 is 0. The first kappa shape index (κ1) is 13.2. The highest BCUT2D eigenvalue weighted by Crippen LogP contribution is 2.33. The average Bonchev–Trinajstić information content (AvgIpc) is 2.63. The highest BCUT2D eigenvalue weighted by atomic mass is 28.3. The van der Waals surface area contributed by atoms with E-state index in [-0.39, 0.29) is 0 Å². The molecule has 1 aliphatic heterocycles. The molecule has 2 nitrogen and oxygen atoms in total. The Hall–Kier alpha value is -1.22. The molecule has 0 radical (unpaired) electrons. The van der Waals surface area contributed by atoms with Gasteiger partial charge in [-0.3, -0.25) is 0 Å². The van der Waals surface area contributed by atoms with Gasteiger partial charge < -0.3 is 10.2 Å².